The summed E-state index contributed by atoms with van der Waals surface area (Å²) in [4.78, 5) is 4.62. The molecule has 1 unspecified atom stereocenters. The van der Waals surface area contributed by atoms with Crippen molar-refractivity contribution in [3.8, 4) is 0 Å². The summed E-state index contributed by atoms with van der Waals surface area (Å²) < 4.78 is 1.28. The van der Waals surface area contributed by atoms with Crippen LogP contribution < -0.4 is 5.32 Å². The van der Waals surface area contributed by atoms with Crippen LogP contribution in [0.1, 0.15) is 36.7 Å². The first-order chi connectivity index (χ1) is 9.74. The maximum absolute atomic E-state index is 4.62. The van der Waals surface area contributed by atoms with E-state index in [4.69, 9.17) is 0 Å². The van der Waals surface area contributed by atoms with Gasteiger partial charge in [0.15, 0.2) is 0 Å². The fraction of sp³-hybridized carbons (Fsp3) is 0.353. The van der Waals surface area contributed by atoms with Crippen LogP contribution in [0.25, 0.3) is 0 Å². The lowest BCUT2D eigenvalue weighted by Crippen LogP contribution is -2.25. The molecule has 0 fully saturated rings. The highest BCUT2D eigenvalue weighted by Crippen LogP contribution is 2.21. The Balaban J connectivity index is 2.24. The third-order valence-corrected chi connectivity index (χ3v) is 4.16. The number of aryl methyl sites for hydroxylation is 1. The van der Waals surface area contributed by atoms with Crippen LogP contribution in [0, 0.1) is 3.57 Å². The Morgan fingerprint density at radius 3 is 2.55 bits per heavy atom. The van der Waals surface area contributed by atoms with Gasteiger partial charge in [-0.3, -0.25) is 4.98 Å². The monoisotopic (exact) mass is 380 g/mol. The Morgan fingerprint density at radius 1 is 1.15 bits per heavy atom. The molecule has 20 heavy (non-hydrogen) atoms. The van der Waals surface area contributed by atoms with Crippen molar-refractivity contribution in [2.45, 2.75) is 32.7 Å². The summed E-state index contributed by atoms with van der Waals surface area (Å²) in [6.07, 6.45) is 3.90. The number of hydrogen-bond acceptors (Lipinski definition) is 2. The molecular formula is C17H21IN2. The van der Waals surface area contributed by atoms with Gasteiger partial charge < -0.3 is 5.32 Å². The fourth-order valence-electron chi connectivity index (χ4n) is 2.43. The molecule has 0 aliphatic rings. The van der Waals surface area contributed by atoms with Crippen molar-refractivity contribution in [3.05, 3.63) is 63.0 Å². The predicted octanol–water partition coefficient (Wildman–Crippen LogP) is 4.14. The Labute approximate surface area is 135 Å². The van der Waals surface area contributed by atoms with Crippen LogP contribution in [0.3, 0.4) is 0 Å². The van der Waals surface area contributed by atoms with Gasteiger partial charge in [0.1, 0.15) is 0 Å². The first-order valence-electron chi connectivity index (χ1n) is 7.16. The van der Waals surface area contributed by atoms with Gasteiger partial charge in [-0.2, -0.15) is 0 Å². The van der Waals surface area contributed by atoms with Crippen LogP contribution in [-0.4, -0.2) is 11.5 Å². The maximum atomic E-state index is 4.62. The lowest BCUT2D eigenvalue weighted by molar-refractivity contribution is 0.532. The molecule has 2 rings (SSSR count). The van der Waals surface area contributed by atoms with E-state index in [2.05, 4.69) is 77.1 Å². The molecule has 0 saturated heterocycles. The topological polar surface area (TPSA) is 24.9 Å². The summed E-state index contributed by atoms with van der Waals surface area (Å²) in [6, 6.07) is 13.2. The summed E-state index contributed by atoms with van der Waals surface area (Å²) in [5.74, 6) is 0. The number of pyridine rings is 1. The maximum Gasteiger partial charge on any atom is 0.0608 e. The first-order valence-corrected chi connectivity index (χ1v) is 8.24. The molecule has 1 N–H and O–H groups in total. The van der Waals surface area contributed by atoms with Crippen molar-refractivity contribution in [1.82, 2.24) is 10.3 Å². The number of halogens is 1. The smallest absolute Gasteiger partial charge is 0.0608 e. The molecule has 1 atom stereocenters. The summed E-state index contributed by atoms with van der Waals surface area (Å²) in [7, 11) is 0. The minimum atomic E-state index is 0.288. The molecule has 2 aromatic rings. The van der Waals surface area contributed by atoms with Gasteiger partial charge in [-0.05, 0) is 71.3 Å². The van der Waals surface area contributed by atoms with Gasteiger partial charge in [0.2, 0.25) is 0 Å². The van der Waals surface area contributed by atoms with E-state index >= 15 is 0 Å². The van der Waals surface area contributed by atoms with Gasteiger partial charge in [-0.25, -0.2) is 0 Å². The largest absolute Gasteiger partial charge is 0.309 e. The normalized spacial score (nSPS) is 12.3. The van der Waals surface area contributed by atoms with Crippen LogP contribution in [0.4, 0.5) is 0 Å². The molecule has 1 heterocycles. The Morgan fingerprint density at radius 2 is 1.90 bits per heavy atom. The lowest BCUT2D eigenvalue weighted by Gasteiger charge is -2.20. The molecule has 3 heteroatoms. The molecule has 0 spiro atoms. The third kappa shape index (κ3) is 4.03. The molecule has 0 aliphatic carbocycles. The molecule has 0 bridgehead atoms. The number of nitrogens with one attached hydrogen (secondary N) is 1. The first kappa shape index (κ1) is 15.4. The number of likely N-dealkylation sites (N-methyl/N-ethyl adjacent to an activating group) is 1. The molecular weight excluding hydrogens is 359 g/mol. The van der Waals surface area contributed by atoms with Crippen LogP contribution in [0.5, 0.6) is 0 Å². The Kier molecular flexibility index (Phi) is 5.98. The number of rotatable bonds is 6. The second-order valence-electron chi connectivity index (χ2n) is 4.84. The van der Waals surface area contributed by atoms with E-state index in [0.717, 1.165) is 19.4 Å². The van der Waals surface area contributed by atoms with Crippen molar-refractivity contribution < 1.29 is 0 Å². The highest BCUT2D eigenvalue weighted by Gasteiger charge is 2.15. The summed E-state index contributed by atoms with van der Waals surface area (Å²) >= 11 is 2.34. The fourth-order valence-corrected chi connectivity index (χ4v) is 2.79. The lowest BCUT2D eigenvalue weighted by atomic mass is 9.98. The zero-order valence-corrected chi connectivity index (χ0v) is 14.2. The van der Waals surface area contributed by atoms with E-state index < -0.39 is 0 Å². The summed E-state index contributed by atoms with van der Waals surface area (Å²) in [5.41, 5.74) is 3.88. The Hall–Kier alpha value is -0.940. The number of benzene rings is 1. The van der Waals surface area contributed by atoms with Crippen molar-refractivity contribution in [1.29, 1.82) is 0 Å². The van der Waals surface area contributed by atoms with Gasteiger partial charge in [0, 0.05) is 9.77 Å². The molecule has 0 saturated carbocycles. The van der Waals surface area contributed by atoms with Crippen LogP contribution in [-0.2, 0) is 12.8 Å². The standard InChI is InChI=1S/C17H21IN2/c1-3-14-6-5-11-20-17(14)16(19-4-2)12-13-7-9-15(18)10-8-13/h5-11,16,19H,3-4,12H2,1-2H3. The predicted molar refractivity (Wildman–Crippen MR) is 92.9 cm³/mol. The van der Waals surface area contributed by atoms with Gasteiger partial charge in [0.05, 0.1) is 11.7 Å². The van der Waals surface area contributed by atoms with Gasteiger partial charge in [0.25, 0.3) is 0 Å². The van der Waals surface area contributed by atoms with E-state index in [1.807, 2.05) is 12.3 Å². The Bertz CT molecular complexity index is 537. The third-order valence-electron chi connectivity index (χ3n) is 3.44. The number of aromatic nitrogens is 1. The van der Waals surface area contributed by atoms with E-state index in [9.17, 15) is 0 Å². The molecule has 0 amide bonds. The quantitative estimate of drug-likeness (QED) is 0.762. The SMILES string of the molecule is CCNC(Cc1ccc(I)cc1)c1ncccc1CC. The zero-order valence-electron chi connectivity index (χ0n) is 12.1. The minimum Gasteiger partial charge on any atom is -0.309 e. The summed E-state index contributed by atoms with van der Waals surface area (Å²) in [6.45, 7) is 5.29. The van der Waals surface area contributed by atoms with E-state index in [-0.39, 0.29) is 6.04 Å². The van der Waals surface area contributed by atoms with Crippen molar-refractivity contribution >= 4 is 22.6 Å². The highest BCUT2D eigenvalue weighted by molar-refractivity contribution is 14.1. The van der Waals surface area contributed by atoms with Crippen LogP contribution in [0.2, 0.25) is 0 Å². The second kappa shape index (κ2) is 7.74. The van der Waals surface area contributed by atoms with E-state index in [1.54, 1.807) is 0 Å². The number of nitrogens with zero attached hydrogens (tertiary/aromatic N) is 1. The van der Waals surface area contributed by atoms with E-state index in [0.29, 0.717) is 0 Å². The molecule has 0 aliphatic heterocycles. The van der Waals surface area contributed by atoms with Crippen molar-refractivity contribution in [2.75, 3.05) is 6.54 Å². The van der Waals surface area contributed by atoms with Gasteiger partial charge in [-0.1, -0.05) is 32.0 Å². The minimum absolute atomic E-state index is 0.288. The average molecular weight is 380 g/mol. The van der Waals surface area contributed by atoms with Crippen LogP contribution in [0.15, 0.2) is 42.6 Å². The molecule has 0 radical (unpaired) electrons. The molecule has 1 aromatic heterocycles. The van der Waals surface area contributed by atoms with Crippen molar-refractivity contribution in [3.63, 3.8) is 0 Å². The van der Waals surface area contributed by atoms with Crippen molar-refractivity contribution in [2.24, 2.45) is 0 Å². The highest BCUT2D eigenvalue weighted by atomic mass is 127. The molecule has 2 nitrogen and oxygen atoms in total. The number of hydrogen-bond donors (Lipinski definition) is 1. The van der Waals surface area contributed by atoms with Crippen LogP contribution >= 0.6 is 22.6 Å². The zero-order chi connectivity index (χ0) is 14.4. The van der Waals surface area contributed by atoms with Gasteiger partial charge in [-0.15, -0.1) is 0 Å². The summed E-state index contributed by atoms with van der Waals surface area (Å²) in [5, 5.41) is 3.57. The molecule has 1 aromatic carbocycles. The van der Waals surface area contributed by atoms with Gasteiger partial charge >= 0.3 is 0 Å². The molecule has 106 valence electrons. The average Bonchev–Trinajstić information content (AvgIpc) is 2.49. The second-order valence-corrected chi connectivity index (χ2v) is 6.09. The van der Waals surface area contributed by atoms with E-state index in [1.165, 1.54) is 20.4 Å².